The maximum Gasteiger partial charge on any atom is 0.306 e. The van der Waals surface area contributed by atoms with E-state index >= 15 is 0 Å². The van der Waals surface area contributed by atoms with E-state index in [1.807, 2.05) is 0 Å². The Kier molecular flexibility index (Phi) is 65.7. The van der Waals surface area contributed by atoms with Crippen LogP contribution in [0.25, 0.3) is 0 Å². The smallest absolute Gasteiger partial charge is 0.306 e. The summed E-state index contributed by atoms with van der Waals surface area (Å²) in [6.45, 7) is 4.21. The maximum atomic E-state index is 12.3. The van der Waals surface area contributed by atoms with Gasteiger partial charge in [-0.2, -0.15) is 0 Å². The van der Waals surface area contributed by atoms with Crippen LogP contribution in [0.5, 0.6) is 0 Å². The molecule has 0 aromatic rings. The lowest BCUT2D eigenvalue weighted by Gasteiger charge is -2.15. The lowest BCUT2D eigenvalue weighted by atomic mass is 10.0. The first-order valence-corrected chi connectivity index (χ1v) is 34.7. The van der Waals surface area contributed by atoms with Gasteiger partial charge in [0, 0.05) is 12.8 Å². The first kappa shape index (κ1) is 73.6. The van der Waals surface area contributed by atoms with E-state index in [9.17, 15) is 14.7 Å². The van der Waals surface area contributed by atoms with E-state index in [2.05, 4.69) is 26.0 Å². The quantitative estimate of drug-likeness (QED) is 0.0373. The van der Waals surface area contributed by atoms with Gasteiger partial charge in [0.1, 0.15) is 6.61 Å². The average Bonchev–Trinajstić information content (AvgIpc) is 3.41. The molecule has 0 spiro atoms. The van der Waals surface area contributed by atoms with Crippen molar-refractivity contribution in [2.75, 3.05) is 13.2 Å². The first-order valence-electron chi connectivity index (χ1n) is 34.7. The number of ether oxygens (including phenoxy) is 2. The van der Waals surface area contributed by atoms with E-state index in [1.165, 1.54) is 347 Å². The number of allylic oxidation sites excluding steroid dienone is 2. The van der Waals surface area contributed by atoms with Crippen LogP contribution in [0, 0.1) is 0 Å². The average molecular weight is 1060 g/mol. The van der Waals surface area contributed by atoms with Crippen molar-refractivity contribution in [2.24, 2.45) is 0 Å². The van der Waals surface area contributed by atoms with Crippen molar-refractivity contribution in [3.8, 4) is 0 Å². The molecule has 1 atom stereocenters. The fraction of sp³-hybridized carbons (Fsp3) is 0.943. The molecule has 75 heavy (non-hydrogen) atoms. The van der Waals surface area contributed by atoms with Crippen LogP contribution in [0.15, 0.2) is 12.2 Å². The molecule has 0 saturated heterocycles. The number of hydrogen-bond acceptors (Lipinski definition) is 5. The van der Waals surface area contributed by atoms with Gasteiger partial charge in [0.2, 0.25) is 0 Å². The zero-order chi connectivity index (χ0) is 54.1. The molecule has 0 aromatic carbocycles. The Labute approximate surface area is 471 Å². The number of carbonyl (C=O) groups excluding carboxylic acids is 2. The van der Waals surface area contributed by atoms with Crippen molar-refractivity contribution in [1.29, 1.82) is 0 Å². The molecule has 0 fully saturated rings. The number of aliphatic hydroxyl groups is 1. The molecule has 0 heterocycles. The maximum absolute atomic E-state index is 12.3. The van der Waals surface area contributed by atoms with Crippen molar-refractivity contribution < 1.29 is 24.2 Å². The second-order valence-corrected chi connectivity index (χ2v) is 24.0. The summed E-state index contributed by atoms with van der Waals surface area (Å²) in [5.74, 6) is -0.568. The molecule has 0 saturated carbocycles. The van der Waals surface area contributed by atoms with Crippen molar-refractivity contribution in [3.05, 3.63) is 12.2 Å². The molecule has 5 heteroatoms. The van der Waals surface area contributed by atoms with Gasteiger partial charge in [-0.3, -0.25) is 9.59 Å². The molecule has 0 aliphatic heterocycles. The molecule has 0 bridgehead atoms. The van der Waals surface area contributed by atoms with Gasteiger partial charge in [0.15, 0.2) is 6.10 Å². The SMILES string of the molecule is CCCCCCCCCC/C=C\CCCCCCCCCCCC(=O)OC(CO)COC(=O)CCCCCCCCCCCCCCCCCCCCCCCCCCCCCCCCCCCCCCCCCC. The largest absolute Gasteiger partial charge is 0.462 e. The lowest BCUT2D eigenvalue weighted by molar-refractivity contribution is -0.161. The van der Waals surface area contributed by atoms with Crippen molar-refractivity contribution in [3.63, 3.8) is 0 Å². The van der Waals surface area contributed by atoms with Crippen LogP contribution in [-0.4, -0.2) is 36.4 Å². The number of rotatable bonds is 66. The van der Waals surface area contributed by atoms with Crippen molar-refractivity contribution in [1.82, 2.24) is 0 Å². The topological polar surface area (TPSA) is 72.8 Å². The highest BCUT2D eigenvalue weighted by Gasteiger charge is 2.16. The van der Waals surface area contributed by atoms with Gasteiger partial charge in [-0.15, -0.1) is 0 Å². The summed E-state index contributed by atoms with van der Waals surface area (Å²) in [6.07, 6.45) is 85.5. The van der Waals surface area contributed by atoms with Gasteiger partial charge < -0.3 is 14.6 Å². The van der Waals surface area contributed by atoms with Crippen LogP contribution in [-0.2, 0) is 19.1 Å². The zero-order valence-electron chi connectivity index (χ0n) is 51.4. The predicted octanol–water partition coefficient (Wildman–Crippen LogP) is 23.8. The second-order valence-electron chi connectivity index (χ2n) is 24.0. The summed E-state index contributed by atoms with van der Waals surface area (Å²) in [5, 5.41) is 9.68. The van der Waals surface area contributed by atoms with E-state index in [4.69, 9.17) is 9.47 Å². The number of unbranched alkanes of at least 4 members (excludes halogenated alkanes) is 56. The molecule has 0 amide bonds. The third-order valence-corrected chi connectivity index (χ3v) is 16.3. The molecule has 0 radical (unpaired) electrons. The van der Waals surface area contributed by atoms with Crippen LogP contribution in [0.1, 0.15) is 406 Å². The predicted molar refractivity (Wildman–Crippen MR) is 330 cm³/mol. The minimum absolute atomic E-state index is 0.0591. The fourth-order valence-electron chi connectivity index (χ4n) is 11.1. The summed E-state index contributed by atoms with van der Waals surface area (Å²) >= 11 is 0. The third-order valence-electron chi connectivity index (χ3n) is 16.3. The Morgan fingerprint density at radius 3 is 0.720 bits per heavy atom. The highest BCUT2D eigenvalue weighted by Crippen LogP contribution is 2.19. The van der Waals surface area contributed by atoms with Gasteiger partial charge in [-0.1, -0.05) is 366 Å². The Bertz CT molecular complexity index is 1100. The standard InChI is InChI=1S/C70H136O5/c1-3-5-7-9-11-13-15-17-19-21-23-25-26-27-28-29-30-31-32-33-34-35-36-37-38-39-40-41-42-43-45-46-48-50-52-54-56-58-60-62-64-69(72)74-67-68(66-71)75-70(73)65-63-61-59-57-55-53-51-49-47-44-24-22-20-18-16-14-12-10-8-6-4-2/h22,24,68,71H,3-21,23,25-67H2,1-2H3/b24-22-. The zero-order valence-corrected chi connectivity index (χ0v) is 51.4. The summed E-state index contributed by atoms with van der Waals surface area (Å²) in [6, 6.07) is 0. The molecule has 1 unspecified atom stereocenters. The summed E-state index contributed by atoms with van der Waals surface area (Å²) in [7, 11) is 0. The van der Waals surface area contributed by atoms with Gasteiger partial charge in [-0.05, 0) is 38.5 Å². The fourth-order valence-corrected chi connectivity index (χ4v) is 11.1. The Balaban J connectivity index is 3.34. The molecular weight excluding hydrogens is 921 g/mol. The molecule has 0 aromatic heterocycles. The summed E-state index contributed by atoms with van der Waals surface area (Å²) < 4.78 is 10.7. The number of carbonyl (C=O) groups is 2. The van der Waals surface area contributed by atoms with Gasteiger partial charge in [0.05, 0.1) is 6.61 Å². The molecule has 0 aliphatic carbocycles. The van der Waals surface area contributed by atoms with Crippen LogP contribution in [0.4, 0.5) is 0 Å². The van der Waals surface area contributed by atoms with Crippen LogP contribution in [0.2, 0.25) is 0 Å². The van der Waals surface area contributed by atoms with Gasteiger partial charge in [-0.25, -0.2) is 0 Å². The first-order chi connectivity index (χ1) is 37.1. The van der Waals surface area contributed by atoms with Gasteiger partial charge >= 0.3 is 11.9 Å². The number of hydrogen-bond donors (Lipinski definition) is 1. The van der Waals surface area contributed by atoms with Gasteiger partial charge in [0.25, 0.3) is 0 Å². The summed E-state index contributed by atoms with van der Waals surface area (Å²) in [4.78, 5) is 24.6. The van der Waals surface area contributed by atoms with Crippen LogP contribution < -0.4 is 0 Å². The van der Waals surface area contributed by atoms with Crippen LogP contribution in [0.3, 0.4) is 0 Å². The Hall–Kier alpha value is -1.36. The minimum atomic E-state index is -0.769. The Morgan fingerprint density at radius 2 is 0.493 bits per heavy atom. The van der Waals surface area contributed by atoms with E-state index in [0.717, 1.165) is 32.1 Å². The highest BCUT2D eigenvalue weighted by atomic mass is 16.6. The van der Waals surface area contributed by atoms with E-state index in [1.54, 1.807) is 0 Å². The van der Waals surface area contributed by atoms with Crippen LogP contribution >= 0.6 is 0 Å². The number of esters is 2. The normalized spacial score (nSPS) is 12.1. The second kappa shape index (κ2) is 66.9. The summed E-state index contributed by atoms with van der Waals surface area (Å²) in [5.41, 5.74) is 0. The lowest BCUT2D eigenvalue weighted by Crippen LogP contribution is -2.28. The molecule has 5 nitrogen and oxygen atoms in total. The van der Waals surface area contributed by atoms with E-state index in [-0.39, 0.29) is 25.2 Å². The Morgan fingerprint density at radius 1 is 0.293 bits per heavy atom. The highest BCUT2D eigenvalue weighted by molar-refractivity contribution is 5.70. The molecular formula is C70H136O5. The van der Waals surface area contributed by atoms with Crippen molar-refractivity contribution >= 4 is 11.9 Å². The number of aliphatic hydroxyl groups excluding tert-OH is 1. The van der Waals surface area contributed by atoms with E-state index in [0.29, 0.717) is 12.8 Å². The molecule has 1 N–H and O–H groups in total. The third kappa shape index (κ3) is 65.1. The van der Waals surface area contributed by atoms with E-state index < -0.39 is 6.10 Å². The van der Waals surface area contributed by atoms with Crippen molar-refractivity contribution in [2.45, 2.75) is 412 Å². The molecule has 0 aliphatic rings. The minimum Gasteiger partial charge on any atom is -0.462 e. The molecule has 446 valence electrons. The molecule has 0 rings (SSSR count). The monoisotopic (exact) mass is 1060 g/mol.